The van der Waals surface area contributed by atoms with Crippen LogP contribution < -0.4 is 10.0 Å². The summed E-state index contributed by atoms with van der Waals surface area (Å²) in [5, 5.41) is 3.10. The van der Waals surface area contributed by atoms with Gasteiger partial charge >= 0.3 is 12.4 Å². The molecule has 1 aliphatic heterocycles. The summed E-state index contributed by atoms with van der Waals surface area (Å²) in [7, 11) is -3.72. The Hall–Kier alpha value is -2.19. The highest BCUT2D eigenvalue weighted by Crippen LogP contribution is 2.37. The van der Waals surface area contributed by atoms with Crippen LogP contribution in [0.15, 0.2) is 36.4 Å². The predicted octanol–water partition coefficient (Wildman–Crippen LogP) is 4.63. The lowest BCUT2D eigenvalue weighted by atomic mass is 9.84. The molecule has 0 saturated carbocycles. The molecular formula is C26H32ClF6N3O3S. The first-order chi connectivity index (χ1) is 18.0. The minimum atomic E-state index is -5.11. The molecule has 0 spiro atoms. The van der Waals surface area contributed by atoms with Crippen LogP contribution in [0.4, 0.5) is 26.3 Å². The summed E-state index contributed by atoms with van der Waals surface area (Å²) in [6, 6.07) is 5.19. The molecule has 1 aliphatic rings. The van der Waals surface area contributed by atoms with Crippen molar-refractivity contribution in [1.29, 1.82) is 0 Å². The zero-order chi connectivity index (χ0) is 29.2. The van der Waals surface area contributed by atoms with Gasteiger partial charge in [-0.15, -0.1) is 12.4 Å². The number of alkyl halides is 6. The Morgan fingerprint density at radius 1 is 0.950 bits per heavy atom. The molecule has 40 heavy (non-hydrogen) atoms. The second kappa shape index (κ2) is 13.2. The van der Waals surface area contributed by atoms with Crippen LogP contribution in [0.1, 0.15) is 38.2 Å². The van der Waals surface area contributed by atoms with E-state index in [-0.39, 0.29) is 31.4 Å². The molecule has 0 amide bonds. The van der Waals surface area contributed by atoms with Crippen LogP contribution in [0.25, 0.3) is 0 Å². The fraction of sp³-hybridized carbons (Fsp3) is 0.500. The molecule has 14 heteroatoms. The van der Waals surface area contributed by atoms with Gasteiger partial charge in [-0.3, -0.25) is 9.69 Å². The summed E-state index contributed by atoms with van der Waals surface area (Å²) >= 11 is 0. The van der Waals surface area contributed by atoms with Gasteiger partial charge < -0.3 is 5.32 Å². The van der Waals surface area contributed by atoms with Crippen molar-refractivity contribution in [2.24, 2.45) is 5.92 Å². The minimum Gasteiger partial charge on any atom is -0.314 e. The molecule has 224 valence electrons. The monoisotopic (exact) mass is 615 g/mol. The third-order valence-corrected chi connectivity index (χ3v) is 7.50. The van der Waals surface area contributed by atoms with Gasteiger partial charge in [-0.25, -0.2) is 13.1 Å². The Bertz CT molecular complexity index is 1260. The van der Waals surface area contributed by atoms with Crippen LogP contribution in [0, 0.1) is 19.8 Å². The average Bonchev–Trinajstić information content (AvgIpc) is 2.83. The van der Waals surface area contributed by atoms with E-state index < -0.39 is 56.8 Å². The number of carbonyl (C=O) groups is 1. The minimum absolute atomic E-state index is 0. The van der Waals surface area contributed by atoms with Gasteiger partial charge in [-0.05, 0) is 61.1 Å². The topological polar surface area (TPSA) is 78.5 Å². The van der Waals surface area contributed by atoms with Crippen molar-refractivity contribution in [3.8, 4) is 0 Å². The van der Waals surface area contributed by atoms with Crippen LogP contribution in [-0.4, -0.2) is 64.1 Å². The lowest BCUT2D eigenvalue weighted by Gasteiger charge is -2.39. The number of sulfonamides is 1. The van der Waals surface area contributed by atoms with Crippen LogP contribution >= 0.6 is 12.4 Å². The summed E-state index contributed by atoms with van der Waals surface area (Å²) in [6.45, 7) is 5.01. The number of carbonyl (C=O) groups excluding carboxylic acids is 1. The third-order valence-electron chi connectivity index (χ3n) is 6.81. The second-order valence-corrected chi connectivity index (χ2v) is 11.7. The van der Waals surface area contributed by atoms with Gasteiger partial charge in [0.25, 0.3) is 0 Å². The highest BCUT2D eigenvalue weighted by atomic mass is 35.5. The Balaban J connectivity index is 0.00000560. The Morgan fingerprint density at radius 3 is 1.98 bits per heavy atom. The molecule has 3 rings (SSSR count). The number of benzene rings is 2. The van der Waals surface area contributed by atoms with E-state index in [9.17, 15) is 39.6 Å². The van der Waals surface area contributed by atoms with Crippen molar-refractivity contribution in [2.75, 3.05) is 39.0 Å². The fourth-order valence-electron chi connectivity index (χ4n) is 4.69. The highest BCUT2D eigenvalue weighted by molar-refractivity contribution is 7.88. The Labute approximate surface area is 236 Å². The fourth-order valence-corrected chi connectivity index (χ4v) is 5.21. The highest BCUT2D eigenvalue weighted by Gasteiger charge is 2.40. The number of halogens is 7. The SMILES string of the molecule is Cc1ccc(CC(CNS(C)(=O)=O)C(C(=O)c2cc(C(F)(F)F)cc(C(F)(F)F)c2)N2CCNCC2)cc1C.Cl. The largest absolute Gasteiger partial charge is 0.416 e. The van der Waals surface area contributed by atoms with E-state index >= 15 is 0 Å². The van der Waals surface area contributed by atoms with E-state index in [2.05, 4.69) is 10.0 Å². The first kappa shape index (κ1) is 34.0. The van der Waals surface area contributed by atoms with Gasteiger partial charge in [-0.2, -0.15) is 26.3 Å². The molecule has 2 aromatic carbocycles. The van der Waals surface area contributed by atoms with Crippen molar-refractivity contribution in [2.45, 2.75) is 38.7 Å². The lowest BCUT2D eigenvalue weighted by Crippen LogP contribution is -2.56. The van der Waals surface area contributed by atoms with Crippen LogP contribution in [-0.2, 0) is 28.8 Å². The molecule has 0 aliphatic carbocycles. The average molecular weight is 616 g/mol. The molecule has 2 atom stereocenters. The van der Waals surface area contributed by atoms with Crippen molar-refractivity contribution >= 4 is 28.2 Å². The maximum Gasteiger partial charge on any atom is 0.416 e. The van der Waals surface area contributed by atoms with E-state index in [1.54, 1.807) is 11.0 Å². The smallest absolute Gasteiger partial charge is 0.314 e. The summed E-state index contributed by atoms with van der Waals surface area (Å²) in [6.07, 6.45) is -9.13. The number of nitrogens with one attached hydrogen (secondary N) is 2. The normalized spacial score (nSPS) is 16.7. The van der Waals surface area contributed by atoms with E-state index in [0.29, 0.717) is 38.3 Å². The van der Waals surface area contributed by atoms with Crippen LogP contribution in [0.2, 0.25) is 0 Å². The first-order valence-corrected chi connectivity index (χ1v) is 14.1. The van der Waals surface area contributed by atoms with E-state index in [0.717, 1.165) is 22.9 Å². The molecule has 0 aromatic heterocycles. The summed E-state index contributed by atoms with van der Waals surface area (Å²) < 4.78 is 108. The molecule has 2 aromatic rings. The summed E-state index contributed by atoms with van der Waals surface area (Å²) in [4.78, 5) is 15.6. The van der Waals surface area contributed by atoms with Gasteiger partial charge in [0.1, 0.15) is 0 Å². The summed E-state index contributed by atoms with van der Waals surface area (Å²) in [5.41, 5.74) is -1.20. The number of piperazine rings is 1. The molecule has 1 fully saturated rings. The maximum absolute atomic E-state index is 13.9. The Kier molecular flexibility index (Phi) is 11.2. The number of rotatable bonds is 9. The number of nitrogens with zero attached hydrogens (tertiary/aromatic N) is 1. The summed E-state index contributed by atoms with van der Waals surface area (Å²) in [5.74, 6) is -1.73. The van der Waals surface area contributed by atoms with E-state index in [1.807, 2.05) is 26.0 Å². The van der Waals surface area contributed by atoms with E-state index in [4.69, 9.17) is 0 Å². The number of aryl methyl sites for hydroxylation is 2. The number of hydrogen-bond acceptors (Lipinski definition) is 5. The lowest BCUT2D eigenvalue weighted by molar-refractivity contribution is -0.143. The van der Waals surface area contributed by atoms with Crippen LogP contribution in [0.5, 0.6) is 0 Å². The zero-order valence-corrected chi connectivity index (χ0v) is 23.8. The molecule has 2 unspecified atom stereocenters. The number of ketones is 1. The maximum atomic E-state index is 13.9. The van der Waals surface area contributed by atoms with Gasteiger partial charge in [0.2, 0.25) is 10.0 Å². The van der Waals surface area contributed by atoms with Crippen molar-refractivity contribution in [1.82, 2.24) is 14.9 Å². The van der Waals surface area contributed by atoms with Crippen molar-refractivity contribution in [3.63, 3.8) is 0 Å². The van der Waals surface area contributed by atoms with E-state index in [1.165, 1.54) is 0 Å². The quantitative estimate of drug-likeness (QED) is 0.318. The second-order valence-electron chi connectivity index (χ2n) is 9.89. The standard InChI is InChI=1S/C26H31F6N3O3S.ClH/c1-16-4-5-18(10-17(16)2)11-20(15-34-39(3,37)38)23(35-8-6-33-7-9-35)24(36)19-12-21(25(27,28)29)14-22(13-19)26(30,31)32;/h4-5,10,12-14,20,23,33-34H,6-9,11,15H2,1-3H3;1H. The molecule has 1 heterocycles. The first-order valence-electron chi connectivity index (χ1n) is 12.2. The van der Waals surface area contributed by atoms with Crippen molar-refractivity contribution < 1.29 is 39.6 Å². The van der Waals surface area contributed by atoms with Crippen LogP contribution in [0.3, 0.4) is 0 Å². The van der Waals surface area contributed by atoms with Crippen molar-refractivity contribution in [3.05, 3.63) is 69.8 Å². The molecule has 2 N–H and O–H groups in total. The molecule has 0 radical (unpaired) electrons. The Morgan fingerprint density at radius 2 is 1.50 bits per heavy atom. The van der Waals surface area contributed by atoms with Gasteiger partial charge in [0.15, 0.2) is 5.78 Å². The van der Waals surface area contributed by atoms with Gasteiger partial charge in [-0.1, -0.05) is 18.2 Å². The molecular weight excluding hydrogens is 584 g/mol. The zero-order valence-electron chi connectivity index (χ0n) is 22.1. The number of Topliss-reactive ketones (excluding diaryl/α,β-unsaturated/α-hetero) is 1. The number of hydrogen-bond donors (Lipinski definition) is 2. The van der Waals surface area contributed by atoms with Gasteiger partial charge in [0, 0.05) is 38.3 Å². The molecule has 0 bridgehead atoms. The molecule has 1 saturated heterocycles. The van der Waals surface area contributed by atoms with Gasteiger partial charge in [0.05, 0.1) is 23.4 Å². The molecule has 6 nitrogen and oxygen atoms in total. The predicted molar refractivity (Wildman–Crippen MR) is 142 cm³/mol. The third kappa shape index (κ3) is 9.16.